The molecule has 2 nitrogen and oxygen atoms in total. The number of hydrogen-bond acceptors (Lipinski definition) is 2. The van der Waals surface area contributed by atoms with Crippen LogP contribution in [0.15, 0.2) is 0 Å². The first-order valence-corrected chi connectivity index (χ1v) is 6.00. The van der Waals surface area contributed by atoms with Crippen molar-refractivity contribution in [3.05, 3.63) is 0 Å². The standard InChI is InChI=1S/C13H28O2/c1-10(2)13(11(3)4)7-12(8-14-5)9-15-6/h10-13H,7-9H2,1-6H3. The Balaban J connectivity index is 4.19. The highest BCUT2D eigenvalue weighted by molar-refractivity contribution is 4.71. The molecule has 0 spiro atoms. The lowest BCUT2D eigenvalue weighted by Gasteiger charge is -2.28. The minimum atomic E-state index is 0.537. The maximum atomic E-state index is 5.24. The van der Waals surface area contributed by atoms with Crippen LogP contribution in [0.2, 0.25) is 0 Å². The van der Waals surface area contributed by atoms with Gasteiger partial charge in [0.25, 0.3) is 0 Å². The van der Waals surface area contributed by atoms with Crippen molar-refractivity contribution in [1.82, 2.24) is 0 Å². The van der Waals surface area contributed by atoms with E-state index in [2.05, 4.69) is 27.7 Å². The smallest absolute Gasteiger partial charge is 0.0512 e. The molecule has 2 heteroatoms. The third kappa shape index (κ3) is 6.16. The lowest BCUT2D eigenvalue weighted by atomic mass is 9.79. The zero-order valence-electron chi connectivity index (χ0n) is 11.2. The fraction of sp³-hybridized carbons (Fsp3) is 1.00. The van der Waals surface area contributed by atoms with Gasteiger partial charge < -0.3 is 9.47 Å². The quantitative estimate of drug-likeness (QED) is 0.620. The van der Waals surface area contributed by atoms with Crippen LogP contribution >= 0.6 is 0 Å². The Kier molecular flexibility index (Phi) is 8.07. The number of rotatable bonds is 8. The number of methoxy groups -OCH3 is 2. The van der Waals surface area contributed by atoms with Crippen molar-refractivity contribution in [1.29, 1.82) is 0 Å². The molecule has 0 fully saturated rings. The summed E-state index contributed by atoms with van der Waals surface area (Å²) in [5, 5.41) is 0. The molecule has 15 heavy (non-hydrogen) atoms. The van der Waals surface area contributed by atoms with Gasteiger partial charge >= 0.3 is 0 Å². The van der Waals surface area contributed by atoms with Gasteiger partial charge in [0.05, 0.1) is 13.2 Å². The van der Waals surface area contributed by atoms with Gasteiger partial charge in [-0.3, -0.25) is 0 Å². The molecular weight excluding hydrogens is 188 g/mol. The summed E-state index contributed by atoms with van der Waals surface area (Å²) in [6.45, 7) is 10.8. The Hall–Kier alpha value is -0.0800. The molecule has 0 bridgehead atoms. The molecule has 0 heterocycles. The first kappa shape index (κ1) is 14.9. The second kappa shape index (κ2) is 8.12. The topological polar surface area (TPSA) is 18.5 Å². The lowest BCUT2D eigenvalue weighted by molar-refractivity contribution is 0.0605. The van der Waals surface area contributed by atoms with Gasteiger partial charge in [-0.25, -0.2) is 0 Å². The number of hydrogen-bond donors (Lipinski definition) is 0. The molecule has 92 valence electrons. The molecule has 0 aliphatic rings. The maximum absolute atomic E-state index is 5.24. The zero-order chi connectivity index (χ0) is 11.8. The summed E-state index contributed by atoms with van der Waals surface area (Å²) in [4.78, 5) is 0. The van der Waals surface area contributed by atoms with E-state index in [0.29, 0.717) is 5.92 Å². The van der Waals surface area contributed by atoms with Gasteiger partial charge in [0.15, 0.2) is 0 Å². The average molecular weight is 216 g/mol. The largest absolute Gasteiger partial charge is 0.384 e. The Morgan fingerprint density at radius 1 is 0.800 bits per heavy atom. The summed E-state index contributed by atoms with van der Waals surface area (Å²) in [5.41, 5.74) is 0. The van der Waals surface area contributed by atoms with Gasteiger partial charge in [0.2, 0.25) is 0 Å². The third-order valence-electron chi connectivity index (χ3n) is 3.12. The molecule has 0 saturated carbocycles. The van der Waals surface area contributed by atoms with E-state index in [1.54, 1.807) is 14.2 Å². The van der Waals surface area contributed by atoms with E-state index in [9.17, 15) is 0 Å². The molecule has 0 aliphatic carbocycles. The summed E-state index contributed by atoms with van der Waals surface area (Å²) in [6.07, 6.45) is 1.21. The molecule has 0 aromatic rings. The molecule has 0 unspecified atom stereocenters. The summed E-state index contributed by atoms with van der Waals surface area (Å²) < 4.78 is 10.5. The van der Waals surface area contributed by atoms with E-state index < -0.39 is 0 Å². The normalized spacial score (nSPS) is 12.4. The highest BCUT2D eigenvalue weighted by Crippen LogP contribution is 2.27. The van der Waals surface area contributed by atoms with Crippen LogP contribution in [0.1, 0.15) is 34.1 Å². The van der Waals surface area contributed by atoms with E-state index in [1.165, 1.54) is 6.42 Å². The summed E-state index contributed by atoms with van der Waals surface area (Å²) in [5.74, 6) is 2.78. The Morgan fingerprint density at radius 3 is 1.47 bits per heavy atom. The molecule has 0 saturated heterocycles. The van der Waals surface area contributed by atoms with Crippen LogP contribution in [0.25, 0.3) is 0 Å². The van der Waals surface area contributed by atoms with Crippen LogP contribution in [0, 0.1) is 23.7 Å². The Morgan fingerprint density at radius 2 is 1.20 bits per heavy atom. The molecule has 0 atom stereocenters. The first-order chi connectivity index (χ1) is 7.02. The summed E-state index contributed by atoms with van der Waals surface area (Å²) in [6, 6.07) is 0. The van der Waals surface area contributed by atoms with Crippen molar-refractivity contribution in [2.75, 3.05) is 27.4 Å². The van der Waals surface area contributed by atoms with E-state index in [1.807, 2.05) is 0 Å². The SMILES string of the molecule is COCC(COC)CC(C(C)C)C(C)C. The van der Waals surface area contributed by atoms with E-state index in [0.717, 1.165) is 31.0 Å². The average Bonchev–Trinajstić information content (AvgIpc) is 2.13. The van der Waals surface area contributed by atoms with Crippen LogP contribution in [0.4, 0.5) is 0 Å². The maximum Gasteiger partial charge on any atom is 0.0512 e. The lowest BCUT2D eigenvalue weighted by Crippen LogP contribution is -2.24. The fourth-order valence-corrected chi connectivity index (χ4v) is 2.35. The first-order valence-electron chi connectivity index (χ1n) is 6.00. The van der Waals surface area contributed by atoms with E-state index in [-0.39, 0.29) is 0 Å². The van der Waals surface area contributed by atoms with Crippen molar-refractivity contribution >= 4 is 0 Å². The number of ether oxygens (including phenoxy) is 2. The van der Waals surface area contributed by atoms with E-state index >= 15 is 0 Å². The predicted molar refractivity (Wildman–Crippen MR) is 65.0 cm³/mol. The van der Waals surface area contributed by atoms with Crippen molar-refractivity contribution in [2.24, 2.45) is 23.7 Å². The van der Waals surface area contributed by atoms with Crippen molar-refractivity contribution < 1.29 is 9.47 Å². The van der Waals surface area contributed by atoms with Crippen molar-refractivity contribution in [3.63, 3.8) is 0 Å². The molecule has 0 rings (SSSR count). The van der Waals surface area contributed by atoms with Gasteiger partial charge in [0, 0.05) is 20.1 Å². The van der Waals surface area contributed by atoms with Crippen LogP contribution in [0.3, 0.4) is 0 Å². The molecule has 0 aliphatic heterocycles. The minimum absolute atomic E-state index is 0.537. The van der Waals surface area contributed by atoms with Crippen LogP contribution in [-0.2, 0) is 9.47 Å². The zero-order valence-corrected chi connectivity index (χ0v) is 11.2. The second-order valence-corrected chi connectivity index (χ2v) is 5.16. The van der Waals surface area contributed by atoms with Gasteiger partial charge in [-0.2, -0.15) is 0 Å². The fourth-order valence-electron chi connectivity index (χ4n) is 2.35. The molecule has 0 N–H and O–H groups in total. The Bertz CT molecular complexity index is 129. The second-order valence-electron chi connectivity index (χ2n) is 5.16. The van der Waals surface area contributed by atoms with Gasteiger partial charge in [0.1, 0.15) is 0 Å². The highest BCUT2D eigenvalue weighted by Gasteiger charge is 2.22. The molecule has 0 aromatic heterocycles. The van der Waals surface area contributed by atoms with Gasteiger partial charge in [-0.15, -0.1) is 0 Å². The molecule has 0 amide bonds. The highest BCUT2D eigenvalue weighted by atomic mass is 16.5. The summed E-state index contributed by atoms with van der Waals surface area (Å²) in [7, 11) is 3.53. The molecule has 0 aromatic carbocycles. The molecular formula is C13H28O2. The summed E-state index contributed by atoms with van der Waals surface area (Å²) >= 11 is 0. The van der Waals surface area contributed by atoms with Crippen molar-refractivity contribution in [2.45, 2.75) is 34.1 Å². The van der Waals surface area contributed by atoms with Crippen LogP contribution in [-0.4, -0.2) is 27.4 Å². The predicted octanol–water partition coefficient (Wildman–Crippen LogP) is 3.21. The van der Waals surface area contributed by atoms with Gasteiger partial charge in [-0.05, 0) is 24.2 Å². The third-order valence-corrected chi connectivity index (χ3v) is 3.12. The minimum Gasteiger partial charge on any atom is -0.384 e. The van der Waals surface area contributed by atoms with Crippen LogP contribution < -0.4 is 0 Å². The van der Waals surface area contributed by atoms with Crippen LogP contribution in [0.5, 0.6) is 0 Å². The van der Waals surface area contributed by atoms with Gasteiger partial charge in [-0.1, -0.05) is 27.7 Å². The molecule has 0 radical (unpaired) electrons. The monoisotopic (exact) mass is 216 g/mol. The van der Waals surface area contributed by atoms with Crippen molar-refractivity contribution in [3.8, 4) is 0 Å². The van der Waals surface area contributed by atoms with E-state index in [4.69, 9.17) is 9.47 Å². The Labute approximate surface area is 95.3 Å².